The molecule has 0 aliphatic carbocycles. The SMILES string of the molecule is COC(=O)C(CCSC)NC(=O)OCc1ccccc1. The standard InChI is InChI=1S/C14H19NO4S/c1-18-13(16)12(8-9-20-2)15-14(17)19-10-11-6-4-3-5-7-11/h3-7,12H,8-10H2,1-2H3,(H,15,17). The van der Waals surface area contributed by atoms with Crippen molar-refractivity contribution in [1.82, 2.24) is 5.32 Å². The number of hydrogen-bond donors (Lipinski definition) is 1. The molecule has 0 aliphatic heterocycles. The zero-order valence-electron chi connectivity index (χ0n) is 11.6. The molecule has 5 nitrogen and oxygen atoms in total. The van der Waals surface area contributed by atoms with Crippen molar-refractivity contribution in [1.29, 1.82) is 0 Å². The van der Waals surface area contributed by atoms with Crippen molar-refractivity contribution in [2.45, 2.75) is 19.1 Å². The van der Waals surface area contributed by atoms with Crippen molar-refractivity contribution >= 4 is 23.8 Å². The Balaban J connectivity index is 2.43. The van der Waals surface area contributed by atoms with E-state index >= 15 is 0 Å². The van der Waals surface area contributed by atoms with Gasteiger partial charge in [-0.1, -0.05) is 30.3 Å². The van der Waals surface area contributed by atoms with Gasteiger partial charge < -0.3 is 14.8 Å². The normalized spacial score (nSPS) is 11.5. The van der Waals surface area contributed by atoms with E-state index in [4.69, 9.17) is 4.74 Å². The maximum atomic E-state index is 11.7. The number of amides is 1. The Hall–Kier alpha value is -1.69. The summed E-state index contributed by atoms with van der Waals surface area (Å²) in [7, 11) is 1.30. The molecule has 0 aromatic heterocycles. The molecule has 1 aromatic carbocycles. The van der Waals surface area contributed by atoms with Crippen LogP contribution in [0.4, 0.5) is 4.79 Å². The third-order valence-electron chi connectivity index (χ3n) is 2.60. The van der Waals surface area contributed by atoms with Crippen molar-refractivity contribution in [3.05, 3.63) is 35.9 Å². The monoisotopic (exact) mass is 297 g/mol. The van der Waals surface area contributed by atoms with Gasteiger partial charge in [-0.05, 0) is 24.0 Å². The van der Waals surface area contributed by atoms with Gasteiger partial charge in [0, 0.05) is 0 Å². The number of carbonyl (C=O) groups excluding carboxylic acids is 2. The van der Waals surface area contributed by atoms with Gasteiger partial charge in [0.15, 0.2) is 0 Å². The summed E-state index contributed by atoms with van der Waals surface area (Å²) in [5.41, 5.74) is 0.890. The van der Waals surface area contributed by atoms with Crippen LogP contribution in [0.5, 0.6) is 0 Å². The third-order valence-corrected chi connectivity index (χ3v) is 3.25. The van der Waals surface area contributed by atoms with Gasteiger partial charge in [0.25, 0.3) is 0 Å². The number of rotatable bonds is 7. The minimum Gasteiger partial charge on any atom is -0.467 e. The Bertz CT molecular complexity index is 424. The van der Waals surface area contributed by atoms with Gasteiger partial charge in [0.1, 0.15) is 12.6 Å². The number of alkyl carbamates (subject to hydrolysis) is 1. The van der Waals surface area contributed by atoms with Crippen molar-refractivity contribution in [3.8, 4) is 0 Å². The molecule has 110 valence electrons. The minimum absolute atomic E-state index is 0.170. The van der Waals surface area contributed by atoms with E-state index < -0.39 is 18.1 Å². The molecule has 1 aromatic rings. The first kappa shape index (κ1) is 16.4. The number of hydrogen-bond acceptors (Lipinski definition) is 5. The van der Waals surface area contributed by atoms with Gasteiger partial charge in [0.2, 0.25) is 0 Å². The van der Waals surface area contributed by atoms with Crippen molar-refractivity contribution in [2.24, 2.45) is 0 Å². The molecule has 0 aliphatic rings. The summed E-state index contributed by atoms with van der Waals surface area (Å²) in [5, 5.41) is 2.52. The van der Waals surface area contributed by atoms with Crippen LogP contribution >= 0.6 is 11.8 Å². The van der Waals surface area contributed by atoms with Gasteiger partial charge in [0.05, 0.1) is 7.11 Å². The number of esters is 1. The largest absolute Gasteiger partial charge is 0.467 e. The molecule has 1 amide bonds. The fourth-order valence-corrected chi connectivity index (χ4v) is 2.01. The lowest BCUT2D eigenvalue weighted by Crippen LogP contribution is -2.42. The van der Waals surface area contributed by atoms with Crippen LogP contribution in [-0.4, -0.2) is 37.2 Å². The summed E-state index contributed by atoms with van der Waals surface area (Å²) >= 11 is 1.60. The summed E-state index contributed by atoms with van der Waals surface area (Å²) in [6.45, 7) is 0.170. The molecule has 0 radical (unpaired) electrons. The van der Waals surface area contributed by atoms with E-state index in [1.165, 1.54) is 7.11 Å². The quantitative estimate of drug-likeness (QED) is 0.782. The maximum Gasteiger partial charge on any atom is 0.408 e. The van der Waals surface area contributed by atoms with Gasteiger partial charge in [-0.25, -0.2) is 9.59 Å². The highest BCUT2D eigenvalue weighted by Gasteiger charge is 2.21. The average Bonchev–Trinajstić information content (AvgIpc) is 2.49. The first-order valence-corrected chi connectivity index (χ1v) is 7.60. The number of carbonyl (C=O) groups is 2. The highest BCUT2D eigenvalue weighted by Crippen LogP contribution is 2.04. The van der Waals surface area contributed by atoms with Crippen molar-refractivity contribution < 1.29 is 19.1 Å². The predicted molar refractivity (Wildman–Crippen MR) is 78.6 cm³/mol. The molecule has 0 bridgehead atoms. The van der Waals surface area contributed by atoms with Crippen LogP contribution in [0, 0.1) is 0 Å². The van der Waals surface area contributed by atoms with Crippen LogP contribution in [0.25, 0.3) is 0 Å². The molecule has 1 N–H and O–H groups in total. The first-order valence-electron chi connectivity index (χ1n) is 6.21. The molecule has 1 unspecified atom stereocenters. The number of methoxy groups -OCH3 is 1. The van der Waals surface area contributed by atoms with Crippen LogP contribution in [0.1, 0.15) is 12.0 Å². The lowest BCUT2D eigenvalue weighted by atomic mass is 10.2. The van der Waals surface area contributed by atoms with E-state index in [0.29, 0.717) is 6.42 Å². The fourth-order valence-electron chi connectivity index (χ4n) is 1.53. The molecule has 0 fully saturated rings. The zero-order chi connectivity index (χ0) is 14.8. The molecular formula is C14H19NO4S. The van der Waals surface area contributed by atoms with Crippen LogP contribution in [-0.2, 0) is 20.9 Å². The Labute approximate surface area is 123 Å². The van der Waals surface area contributed by atoms with Crippen LogP contribution < -0.4 is 5.32 Å². The molecule has 1 atom stereocenters. The topological polar surface area (TPSA) is 64.6 Å². The number of thioether (sulfide) groups is 1. The second-order valence-electron chi connectivity index (χ2n) is 4.06. The summed E-state index contributed by atoms with van der Waals surface area (Å²) < 4.78 is 9.72. The van der Waals surface area contributed by atoms with E-state index in [-0.39, 0.29) is 6.61 Å². The molecule has 0 heterocycles. The Kier molecular flexibility index (Phi) is 7.57. The zero-order valence-corrected chi connectivity index (χ0v) is 12.4. The molecule has 6 heteroatoms. The van der Waals surface area contributed by atoms with Gasteiger partial charge in [-0.3, -0.25) is 0 Å². The smallest absolute Gasteiger partial charge is 0.408 e. The lowest BCUT2D eigenvalue weighted by molar-refractivity contribution is -0.143. The number of ether oxygens (including phenoxy) is 2. The predicted octanol–water partition coefficient (Wildman–Crippen LogP) is 2.21. The molecule has 1 rings (SSSR count). The van der Waals surface area contributed by atoms with E-state index in [9.17, 15) is 9.59 Å². The fraction of sp³-hybridized carbons (Fsp3) is 0.429. The summed E-state index contributed by atoms with van der Waals surface area (Å²) in [6.07, 6.45) is 1.82. The molecule has 20 heavy (non-hydrogen) atoms. The summed E-state index contributed by atoms with van der Waals surface area (Å²) in [5.74, 6) is 0.286. The second-order valence-corrected chi connectivity index (χ2v) is 5.05. The number of nitrogens with one attached hydrogen (secondary N) is 1. The van der Waals surface area contributed by atoms with Gasteiger partial charge in [-0.2, -0.15) is 11.8 Å². The summed E-state index contributed by atoms with van der Waals surface area (Å²) in [6, 6.07) is 8.67. The Morgan fingerprint density at radius 3 is 2.60 bits per heavy atom. The minimum atomic E-state index is -0.671. The first-order chi connectivity index (χ1) is 9.67. The van der Waals surface area contributed by atoms with Gasteiger partial charge >= 0.3 is 12.1 Å². The molecule has 0 spiro atoms. The third kappa shape index (κ3) is 5.97. The lowest BCUT2D eigenvalue weighted by Gasteiger charge is -2.15. The van der Waals surface area contributed by atoms with Crippen LogP contribution in [0.2, 0.25) is 0 Å². The highest BCUT2D eigenvalue weighted by molar-refractivity contribution is 7.98. The second kappa shape index (κ2) is 9.25. The summed E-state index contributed by atoms with van der Waals surface area (Å²) in [4.78, 5) is 23.2. The average molecular weight is 297 g/mol. The van der Waals surface area contributed by atoms with E-state index in [0.717, 1.165) is 11.3 Å². The molecular weight excluding hydrogens is 278 g/mol. The highest BCUT2D eigenvalue weighted by atomic mass is 32.2. The van der Waals surface area contributed by atoms with Crippen molar-refractivity contribution in [2.75, 3.05) is 19.1 Å². The maximum absolute atomic E-state index is 11.7. The Morgan fingerprint density at radius 2 is 2.00 bits per heavy atom. The Morgan fingerprint density at radius 1 is 1.30 bits per heavy atom. The number of benzene rings is 1. The molecule has 0 saturated carbocycles. The van der Waals surface area contributed by atoms with E-state index in [1.54, 1.807) is 11.8 Å². The van der Waals surface area contributed by atoms with E-state index in [1.807, 2.05) is 36.6 Å². The molecule has 0 saturated heterocycles. The van der Waals surface area contributed by atoms with Gasteiger partial charge in [-0.15, -0.1) is 0 Å². The van der Waals surface area contributed by atoms with Crippen molar-refractivity contribution in [3.63, 3.8) is 0 Å². The van der Waals surface area contributed by atoms with Crippen LogP contribution in [0.15, 0.2) is 30.3 Å². The van der Waals surface area contributed by atoms with E-state index in [2.05, 4.69) is 10.1 Å². The van der Waals surface area contributed by atoms with Crippen LogP contribution in [0.3, 0.4) is 0 Å².